The predicted molar refractivity (Wildman–Crippen MR) is 72.7 cm³/mol. The van der Waals surface area contributed by atoms with Crippen molar-refractivity contribution < 1.29 is 4.74 Å². The van der Waals surface area contributed by atoms with Gasteiger partial charge in [-0.15, -0.1) is 12.4 Å². The minimum absolute atomic E-state index is 0. The van der Waals surface area contributed by atoms with Gasteiger partial charge in [0.1, 0.15) is 5.75 Å². The van der Waals surface area contributed by atoms with E-state index in [1.54, 1.807) is 7.11 Å². The summed E-state index contributed by atoms with van der Waals surface area (Å²) in [5, 5.41) is 0. The molecule has 4 heteroatoms. The number of nitrogens with zero attached hydrogens (tertiary/aromatic N) is 1. The lowest BCUT2D eigenvalue weighted by atomic mass is 10.1. The number of halogens is 1. The Hall–Kier alpha value is -0.770. The van der Waals surface area contributed by atoms with Crippen molar-refractivity contribution in [3.05, 3.63) is 29.8 Å². The molecule has 0 spiro atoms. The molecule has 0 aromatic heterocycles. The van der Waals surface area contributed by atoms with Crippen molar-refractivity contribution in [2.24, 2.45) is 11.7 Å². The van der Waals surface area contributed by atoms with Gasteiger partial charge in [0.2, 0.25) is 0 Å². The maximum Gasteiger partial charge on any atom is 0.118 e. The van der Waals surface area contributed by atoms with E-state index in [-0.39, 0.29) is 12.4 Å². The van der Waals surface area contributed by atoms with E-state index in [2.05, 4.69) is 17.0 Å². The second-order valence-electron chi connectivity index (χ2n) is 4.47. The van der Waals surface area contributed by atoms with Gasteiger partial charge in [-0.05, 0) is 43.1 Å². The summed E-state index contributed by atoms with van der Waals surface area (Å²) in [6, 6.07) is 8.31. The van der Waals surface area contributed by atoms with Crippen molar-refractivity contribution in [2.75, 3.05) is 26.7 Å². The van der Waals surface area contributed by atoms with Crippen LogP contribution in [-0.4, -0.2) is 31.6 Å². The third kappa shape index (κ3) is 3.87. The summed E-state index contributed by atoms with van der Waals surface area (Å²) in [5.74, 6) is 1.61. The first-order chi connectivity index (χ1) is 7.81. The van der Waals surface area contributed by atoms with Crippen LogP contribution in [0.2, 0.25) is 0 Å². The second-order valence-corrected chi connectivity index (χ2v) is 4.47. The molecule has 1 fully saturated rings. The van der Waals surface area contributed by atoms with E-state index in [0.717, 1.165) is 25.4 Å². The smallest absolute Gasteiger partial charge is 0.118 e. The molecular weight excluding hydrogens is 236 g/mol. The zero-order chi connectivity index (χ0) is 11.4. The van der Waals surface area contributed by atoms with Crippen LogP contribution in [0.25, 0.3) is 0 Å². The van der Waals surface area contributed by atoms with E-state index in [1.165, 1.54) is 18.5 Å². The van der Waals surface area contributed by atoms with Gasteiger partial charge in [0, 0.05) is 13.1 Å². The molecule has 1 aromatic rings. The maximum absolute atomic E-state index is 5.68. The fraction of sp³-hybridized carbons (Fsp3) is 0.538. The fourth-order valence-corrected chi connectivity index (χ4v) is 2.24. The highest BCUT2D eigenvalue weighted by molar-refractivity contribution is 5.85. The van der Waals surface area contributed by atoms with Crippen LogP contribution < -0.4 is 10.5 Å². The number of benzene rings is 1. The van der Waals surface area contributed by atoms with Gasteiger partial charge in [0.05, 0.1) is 7.11 Å². The van der Waals surface area contributed by atoms with Crippen molar-refractivity contribution >= 4 is 12.4 Å². The predicted octanol–water partition coefficient (Wildman–Crippen LogP) is 1.90. The van der Waals surface area contributed by atoms with Crippen LogP contribution >= 0.6 is 12.4 Å². The number of rotatable bonds is 4. The van der Waals surface area contributed by atoms with E-state index in [0.29, 0.717) is 5.92 Å². The molecular formula is C13H21ClN2O. The molecule has 2 N–H and O–H groups in total. The average molecular weight is 257 g/mol. The molecule has 1 unspecified atom stereocenters. The van der Waals surface area contributed by atoms with Gasteiger partial charge in [0.15, 0.2) is 0 Å². The second kappa shape index (κ2) is 6.84. The van der Waals surface area contributed by atoms with Crippen LogP contribution in [0.5, 0.6) is 5.75 Å². The SMILES string of the molecule is COc1ccc(CN2CCC(CN)C2)cc1.Cl. The van der Waals surface area contributed by atoms with E-state index in [9.17, 15) is 0 Å². The molecule has 0 bridgehead atoms. The van der Waals surface area contributed by atoms with E-state index in [1.807, 2.05) is 12.1 Å². The van der Waals surface area contributed by atoms with Gasteiger partial charge < -0.3 is 10.5 Å². The lowest BCUT2D eigenvalue weighted by Gasteiger charge is -2.15. The number of hydrogen-bond donors (Lipinski definition) is 1. The molecule has 1 aliphatic rings. The Bertz CT molecular complexity index is 329. The summed E-state index contributed by atoms with van der Waals surface area (Å²) in [4.78, 5) is 2.47. The first-order valence-electron chi connectivity index (χ1n) is 5.87. The largest absolute Gasteiger partial charge is 0.497 e. The van der Waals surface area contributed by atoms with Crippen molar-refractivity contribution in [3.8, 4) is 5.75 Å². The van der Waals surface area contributed by atoms with Crippen LogP contribution in [0.1, 0.15) is 12.0 Å². The van der Waals surface area contributed by atoms with Crippen molar-refractivity contribution in [1.29, 1.82) is 0 Å². The van der Waals surface area contributed by atoms with Crippen LogP contribution in [0, 0.1) is 5.92 Å². The molecule has 3 nitrogen and oxygen atoms in total. The summed E-state index contributed by atoms with van der Waals surface area (Å²) >= 11 is 0. The lowest BCUT2D eigenvalue weighted by molar-refractivity contribution is 0.317. The molecule has 96 valence electrons. The number of ether oxygens (including phenoxy) is 1. The Morgan fingerprint density at radius 2 is 2.06 bits per heavy atom. The Kier molecular flexibility index (Phi) is 5.75. The molecule has 2 rings (SSSR count). The molecule has 1 saturated heterocycles. The van der Waals surface area contributed by atoms with Crippen LogP contribution in [-0.2, 0) is 6.54 Å². The number of hydrogen-bond acceptors (Lipinski definition) is 3. The van der Waals surface area contributed by atoms with E-state index < -0.39 is 0 Å². The van der Waals surface area contributed by atoms with Gasteiger partial charge in [-0.25, -0.2) is 0 Å². The van der Waals surface area contributed by atoms with Gasteiger partial charge >= 0.3 is 0 Å². The molecule has 0 radical (unpaired) electrons. The number of likely N-dealkylation sites (tertiary alicyclic amines) is 1. The van der Waals surface area contributed by atoms with Crippen LogP contribution in [0.4, 0.5) is 0 Å². The van der Waals surface area contributed by atoms with Gasteiger partial charge in [0.25, 0.3) is 0 Å². The highest BCUT2D eigenvalue weighted by Gasteiger charge is 2.20. The standard InChI is InChI=1S/C13H20N2O.ClH/c1-16-13-4-2-11(3-5-13)9-15-7-6-12(8-14)10-15;/h2-5,12H,6-10,14H2,1H3;1H. The first-order valence-corrected chi connectivity index (χ1v) is 5.87. The Labute approximate surface area is 109 Å². The van der Waals surface area contributed by atoms with Gasteiger partial charge in [-0.3, -0.25) is 4.90 Å². The summed E-state index contributed by atoms with van der Waals surface area (Å²) < 4.78 is 5.14. The zero-order valence-corrected chi connectivity index (χ0v) is 11.1. The third-order valence-electron chi connectivity index (χ3n) is 3.27. The van der Waals surface area contributed by atoms with Gasteiger partial charge in [-0.2, -0.15) is 0 Å². The molecule has 17 heavy (non-hydrogen) atoms. The summed E-state index contributed by atoms with van der Waals surface area (Å²) in [7, 11) is 1.70. The number of methoxy groups -OCH3 is 1. The summed E-state index contributed by atoms with van der Waals surface area (Å²) in [6.07, 6.45) is 1.24. The minimum Gasteiger partial charge on any atom is -0.497 e. The first kappa shape index (κ1) is 14.3. The molecule has 1 aromatic carbocycles. The Balaban J connectivity index is 0.00000144. The summed E-state index contributed by atoms with van der Waals surface area (Å²) in [5.41, 5.74) is 7.03. The molecule has 1 aliphatic heterocycles. The van der Waals surface area contributed by atoms with Crippen molar-refractivity contribution in [1.82, 2.24) is 4.90 Å². The fourth-order valence-electron chi connectivity index (χ4n) is 2.24. The van der Waals surface area contributed by atoms with E-state index in [4.69, 9.17) is 10.5 Å². The highest BCUT2D eigenvalue weighted by Crippen LogP contribution is 2.19. The third-order valence-corrected chi connectivity index (χ3v) is 3.27. The lowest BCUT2D eigenvalue weighted by Crippen LogP contribution is -2.22. The van der Waals surface area contributed by atoms with E-state index >= 15 is 0 Å². The van der Waals surface area contributed by atoms with Crippen LogP contribution in [0.3, 0.4) is 0 Å². The maximum atomic E-state index is 5.68. The molecule has 1 heterocycles. The molecule has 0 amide bonds. The normalized spacial score (nSPS) is 20.0. The zero-order valence-electron chi connectivity index (χ0n) is 10.3. The summed E-state index contributed by atoms with van der Waals surface area (Å²) in [6.45, 7) is 4.16. The number of nitrogens with two attached hydrogens (primary N) is 1. The topological polar surface area (TPSA) is 38.5 Å². The quantitative estimate of drug-likeness (QED) is 0.894. The molecule has 1 atom stereocenters. The molecule has 0 saturated carbocycles. The van der Waals surface area contributed by atoms with Crippen LogP contribution in [0.15, 0.2) is 24.3 Å². The van der Waals surface area contributed by atoms with Crippen molar-refractivity contribution in [3.63, 3.8) is 0 Å². The monoisotopic (exact) mass is 256 g/mol. The Morgan fingerprint density at radius 3 is 2.59 bits per heavy atom. The highest BCUT2D eigenvalue weighted by atomic mass is 35.5. The van der Waals surface area contributed by atoms with Gasteiger partial charge in [-0.1, -0.05) is 12.1 Å². The Morgan fingerprint density at radius 1 is 1.35 bits per heavy atom. The van der Waals surface area contributed by atoms with Crippen molar-refractivity contribution in [2.45, 2.75) is 13.0 Å². The average Bonchev–Trinajstić information content (AvgIpc) is 2.78. The minimum atomic E-state index is 0. The molecule has 0 aliphatic carbocycles.